The Labute approximate surface area is 126 Å². The van der Waals surface area contributed by atoms with Crippen molar-refractivity contribution in [2.75, 3.05) is 0 Å². The third-order valence-corrected chi connectivity index (χ3v) is 5.31. The molecule has 3 rings (SSSR count). The van der Waals surface area contributed by atoms with Gasteiger partial charge < -0.3 is 0 Å². The number of nitrogens with one attached hydrogen (secondary N) is 1. The summed E-state index contributed by atoms with van der Waals surface area (Å²) in [6.07, 6.45) is 3.28. The van der Waals surface area contributed by atoms with Gasteiger partial charge in [0.2, 0.25) is 0 Å². The van der Waals surface area contributed by atoms with Crippen molar-refractivity contribution in [2.24, 2.45) is 5.84 Å². The van der Waals surface area contributed by atoms with Crippen LogP contribution in [0.1, 0.15) is 40.8 Å². The summed E-state index contributed by atoms with van der Waals surface area (Å²) in [4.78, 5) is 1.41. The maximum atomic E-state index is 13.5. The van der Waals surface area contributed by atoms with Crippen molar-refractivity contribution in [1.29, 1.82) is 0 Å². The minimum absolute atomic E-state index is 0.160. The second-order valence-corrected chi connectivity index (χ2v) is 6.52. The third kappa shape index (κ3) is 2.49. The van der Waals surface area contributed by atoms with E-state index in [0.29, 0.717) is 5.02 Å². The van der Waals surface area contributed by atoms with Crippen molar-refractivity contribution >= 4 is 22.9 Å². The molecule has 0 bridgehead atoms. The third-order valence-electron chi connectivity index (χ3n) is 3.97. The monoisotopic (exact) mass is 310 g/mol. The van der Waals surface area contributed by atoms with Gasteiger partial charge in [0.15, 0.2) is 0 Å². The molecule has 1 aliphatic rings. The van der Waals surface area contributed by atoms with Gasteiger partial charge in [0, 0.05) is 15.8 Å². The van der Waals surface area contributed by atoms with Gasteiger partial charge in [-0.1, -0.05) is 11.6 Å². The zero-order valence-corrected chi connectivity index (χ0v) is 12.5. The number of halogens is 2. The summed E-state index contributed by atoms with van der Waals surface area (Å²) in [6, 6.07) is 6.44. The maximum absolute atomic E-state index is 13.5. The van der Waals surface area contributed by atoms with Crippen LogP contribution < -0.4 is 11.3 Å². The van der Waals surface area contributed by atoms with Crippen LogP contribution in [0.3, 0.4) is 0 Å². The van der Waals surface area contributed by atoms with Gasteiger partial charge in [0.05, 0.1) is 6.04 Å². The summed E-state index contributed by atoms with van der Waals surface area (Å²) in [6.45, 7) is 0. The number of hydrogen-bond donors (Lipinski definition) is 2. The standard InChI is InChI=1S/C15H16ClFN2S/c16-13-5-4-9(17)8-12(13)15(19-18)11-2-1-3-14-10(11)6-7-20-14/h4-8,11,15,19H,1-3,18H2. The highest BCUT2D eigenvalue weighted by atomic mass is 35.5. The molecule has 0 amide bonds. The van der Waals surface area contributed by atoms with E-state index in [9.17, 15) is 4.39 Å². The van der Waals surface area contributed by atoms with Crippen molar-refractivity contribution in [3.63, 3.8) is 0 Å². The van der Waals surface area contributed by atoms with E-state index in [1.807, 2.05) is 0 Å². The fraction of sp³-hybridized carbons (Fsp3) is 0.333. The Morgan fingerprint density at radius 1 is 1.40 bits per heavy atom. The first-order valence-corrected chi connectivity index (χ1v) is 7.94. The fourth-order valence-corrected chi connectivity index (χ4v) is 4.28. The Morgan fingerprint density at radius 3 is 3.05 bits per heavy atom. The van der Waals surface area contributed by atoms with Gasteiger partial charge in [-0.25, -0.2) is 4.39 Å². The zero-order valence-electron chi connectivity index (χ0n) is 10.9. The van der Waals surface area contributed by atoms with E-state index in [1.165, 1.54) is 22.6 Å². The lowest BCUT2D eigenvalue weighted by molar-refractivity contribution is 0.409. The first-order chi connectivity index (χ1) is 9.70. The number of rotatable bonds is 3. The minimum atomic E-state index is -0.286. The molecule has 2 nitrogen and oxygen atoms in total. The predicted molar refractivity (Wildman–Crippen MR) is 81.5 cm³/mol. The molecule has 3 N–H and O–H groups in total. The Hall–Kier alpha value is -0.940. The molecular formula is C15H16ClFN2S. The van der Waals surface area contributed by atoms with Crippen molar-refractivity contribution < 1.29 is 4.39 Å². The number of hydrogen-bond acceptors (Lipinski definition) is 3. The molecule has 0 aliphatic heterocycles. The average molecular weight is 311 g/mol. The molecule has 1 aromatic carbocycles. The molecule has 2 atom stereocenters. The second-order valence-electron chi connectivity index (χ2n) is 5.11. The van der Waals surface area contributed by atoms with Crippen LogP contribution in [0.2, 0.25) is 5.02 Å². The molecule has 0 radical (unpaired) electrons. The van der Waals surface area contributed by atoms with Crippen molar-refractivity contribution in [3.05, 3.63) is 56.5 Å². The molecule has 0 saturated carbocycles. The molecular weight excluding hydrogens is 295 g/mol. The quantitative estimate of drug-likeness (QED) is 0.660. The van der Waals surface area contributed by atoms with Gasteiger partial charge >= 0.3 is 0 Å². The maximum Gasteiger partial charge on any atom is 0.123 e. The number of benzene rings is 1. The molecule has 5 heteroatoms. The zero-order chi connectivity index (χ0) is 14.1. The van der Waals surface area contributed by atoms with Gasteiger partial charge in [-0.05, 0) is 60.0 Å². The predicted octanol–water partition coefficient (Wildman–Crippen LogP) is 4.17. The van der Waals surface area contributed by atoms with Gasteiger partial charge in [0.25, 0.3) is 0 Å². The van der Waals surface area contributed by atoms with Crippen LogP contribution >= 0.6 is 22.9 Å². The lowest BCUT2D eigenvalue weighted by Crippen LogP contribution is -2.34. The van der Waals surface area contributed by atoms with E-state index in [-0.39, 0.29) is 17.8 Å². The van der Waals surface area contributed by atoms with Crippen LogP contribution in [0.25, 0.3) is 0 Å². The van der Waals surface area contributed by atoms with E-state index >= 15 is 0 Å². The molecule has 0 fully saturated rings. The molecule has 1 heterocycles. The molecule has 1 aromatic heterocycles. The summed E-state index contributed by atoms with van der Waals surface area (Å²) < 4.78 is 13.5. The van der Waals surface area contributed by atoms with Crippen molar-refractivity contribution in [1.82, 2.24) is 5.43 Å². The van der Waals surface area contributed by atoms with Crippen LogP contribution in [-0.2, 0) is 6.42 Å². The largest absolute Gasteiger partial charge is 0.271 e. The Bertz CT molecular complexity index is 614. The summed E-state index contributed by atoms with van der Waals surface area (Å²) >= 11 is 8.01. The molecule has 0 spiro atoms. The summed E-state index contributed by atoms with van der Waals surface area (Å²) in [5, 5.41) is 2.67. The second kappa shape index (κ2) is 5.82. The van der Waals surface area contributed by atoms with Crippen molar-refractivity contribution in [2.45, 2.75) is 31.2 Å². The average Bonchev–Trinajstić information content (AvgIpc) is 2.92. The Morgan fingerprint density at radius 2 is 2.25 bits per heavy atom. The van der Waals surface area contributed by atoms with Crippen LogP contribution in [-0.4, -0.2) is 0 Å². The van der Waals surface area contributed by atoms with E-state index in [2.05, 4.69) is 16.9 Å². The molecule has 1 aliphatic carbocycles. The topological polar surface area (TPSA) is 38.0 Å². The molecule has 106 valence electrons. The minimum Gasteiger partial charge on any atom is -0.271 e. The highest BCUT2D eigenvalue weighted by Crippen LogP contribution is 2.43. The Balaban J connectivity index is 2.01. The van der Waals surface area contributed by atoms with E-state index in [0.717, 1.165) is 24.8 Å². The summed E-state index contributed by atoms with van der Waals surface area (Å²) in [5.41, 5.74) is 4.90. The van der Waals surface area contributed by atoms with Gasteiger partial charge in [0.1, 0.15) is 5.82 Å². The lowest BCUT2D eigenvalue weighted by atomic mass is 9.80. The number of aryl methyl sites for hydroxylation is 1. The highest BCUT2D eigenvalue weighted by Gasteiger charge is 2.30. The number of fused-ring (bicyclic) bond motifs is 1. The summed E-state index contributed by atoms with van der Waals surface area (Å²) in [7, 11) is 0. The van der Waals surface area contributed by atoms with Gasteiger partial charge in [-0.2, -0.15) is 0 Å². The van der Waals surface area contributed by atoms with E-state index < -0.39 is 0 Å². The Kier molecular flexibility index (Phi) is 4.08. The number of nitrogens with two attached hydrogens (primary N) is 1. The molecule has 20 heavy (non-hydrogen) atoms. The van der Waals surface area contributed by atoms with Gasteiger partial charge in [-0.15, -0.1) is 11.3 Å². The molecule has 0 saturated heterocycles. The summed E-state index contributed by atoms with van der Waals surface area (Å²) in [5.74, 6) is 5.71. The molecule has 2 unspecified atom stereocenters. The smallest absolute Gasteiger partial charge is 0.123 e. The molecule has 2 aromatic rings. The lowest BCUT2D eigenvalue weighted by Gasteiger charge is -2.31. The van der Waals surface area contributed by atoms with Crippen molar-refractivity contribution in [3.8, 4) is 0 Å². The number of thiophene rings is 1. The normalized spacial score (nSPS) is 19.6. The van der Waals surface area contributed by atoms with E-state index in [1.54, 1.807) is 17.4 Å². The fourth-order valence-electron chi connectivity index (χ4n) is 3.04. The highest BCUT2D eigenvalue weighted by molar-refractivity contribution is 7.10. The first-order valence-electron chi connectivity index (χ1n) is 6.68. The van der Waals surface area contributed by atoms with Crippen LogP contribution in [0.4, 0.5) is 4.39 Å². The first kappa shape index (κ1) is 14.0. The van der Waals surface area contributed by atoms with Crippen LogP contribution in [0.5, 0.6) is 0 Å². The number of hydrazine groups is 1. The van der Waals surface area contributed by atoms with E-state index in [4.69, 9.17) is 17.4 Å². The van der Waals surface area contributed by atoms with Gasteiger partial charge in [-0.3, -0.25) is 11.3 Å². The SMILES string of the molecule is NNC(c1cc(F)ccc1Cl)C1CCCc2sccc21. The van der Waals surface area contributed by atoms with Crippen LogP contribution in [0.15, 0.2) is 29.6 Å². The van der Waals surface area contributed by atoms with Crippen LogP contribution in [0, 0.1) is 5.82 Å².